The summed E-state index contributed by atoms with van der Waals surface area (Å²) in [5, 5.41) is 7.57. The number of unbranched alkanes of at least 4 members (excludes halogenated alkanes) is 9. The van der Waals surface area contributed by atoms with Crippen molar-refractivity contribution in [2.75, 3.05) is 27.9 Å². The fourth-order valence-electron chi connectivity index (χ4n) is 2.39. The zero-order chi connectivity index (χ0) is 17.1. The number of hydrogen-bond acceptors (Lipinski definition) is 4. The average molecular weight is 337 g/mol. The summed E-state index contributed by atoms with van der Waals surface area (Å²) in [7, 11) is 2.76. The zero-order valence-electron chi connectivity index (χ0n) is 15.7. The van der Waals surface area contributed by atoms with Gasteiger partial charge in [-0.3, -0.25) is 0 Å². The topological polar surface area (TPSA) is 47.9 Å². The zero-order valence-corrected chi connectivity index (χ0v) is 16.7. The van der Waals surface area contributed by atoms with Crippen LogP contribution in [-0.4, -0.2) is 41.8 Å². The summed E-state index contributed by atoms with van der Waals surface area (Å²) in [4.78, 5) is 0. The van der Waals surface area contributed by atoms with Crippen LogP contribution in [0.4, 0.5) is 0 Å². The summed E-state index contributed by atoms with van der Waals surface area (Å²) in [6.45, 7) is 4.20. The molecule has 22 heavy (non-hydrogen) atoms. The Morgan fingerprint density at radius 2 is 0.955 bits per heavy atom. The van der Waals surface area contributed by atoms with E-state index in [2.05, 4.69) is 6.92 Å². The highest BCUT2D eigenvalue weighted by atomic mass is 28.4. The summed E-state index contributed by atoms with van der Waals surface area (Å²) in [6.07, 6.45) is 13.5. The van der Waals surface area contributed by atoms with Gasteiger partial charge in [0.05, 0.1) is 0 Å². The molecular weight excluding hydrogens is 296 g/mol. The minimum atomic E-state index is -2.31. The third-order valence-electron chi connectivity index (χ3n) is 3.77. The van der Waals surface area contributed by atoms with E-state index in [4.69, 9.17) is 18.4 Å². The quantitative estimate of drug-likeness (QED) is 0.366. The second-order valence-corrected chi connectivity index (χ2v) is 8.63. The highest BCUT2D eigenvalue weighted by molar-refractivity contribution is 6.60. The predicted octanol–water partition coefficient (Wildman–Crippen LogP) is 4.78. The molecule has 0 saturated carbocycles. The molecular formula is C17H40O4Si. The van der Waals surface area contributed by atoms with Crippen molar-refractivity contribution in [2.45, 2.75) is 84.1 Å². The smallest absolute Gasteiger partial charge is 0.397 e. The lowest BCUT2D eigenvalue weighted by Crippen LogP contribution is -2.42. The summed E-state index contributed by atoms with van der Waals surface area (Å²) < 4.78 is 16.2. The second-order valence-electron chi connectivity index (χ2n) is 5.54. The van der Waals surface area contributed by atoms with E-state index >= 15 is 0 Å². The maximum Gasteiger partial charge on any atom is 0.500 e. The van der Waals surface area contributed by atoms with E-state index in [0.29, 0.717) is 0 Å². The highest BCUT2D eigenvalue weighted by Gasteiger charge is 2.36. The Morgan fingerprint density at radius 1 is 0.636 bits per heavy atom. The Balaban J connectivity index is 0. The van der Waals surface area contributed by atoms with Gasteiger partial charge in [0.25, 0.3) is 0 Å². The second kappa shape index (κ2) is 19.1. The van der Waals surface area contributed by atoms with Gasteiger partial charge in [0, 0.05) is 34.0 Å². The molecule has 0 aliphatic heterocycles. The largest absolute Gasteiger partial charge is 0.500 e. The highest BCUT2D eigenvalue weighted by Crippen LogP contribution is 2.18. The molecule has 0 aliphatic carbocycles. The van der Waals surface area contributed by atoms with Gasteiger partial charge >= 0.3 is 8.80 Å². The first-order chi connectivity index (χ1) is 10.7. The van der Waals surface area contributed by atoms with Crippen LogP contribution in [0.15, 0.2) is 0 Å². The van der Waals surface area contributed by atoms with Gasteiger partial charge in [-0.2, -0.15) is 0 Å². The molecule has 4 nitrogen and oxygen atoms in total. The molecule has 0 saturated heterocycles. The molecule has 0 aromatic heterocycles. The first kappa shape index (κ1) is 24.3. The van der Waals surface area contributed by atoms with E-state index in [1.165, 1.54) is 57.8 Å². The summed E-state index contributed by atoms with van der Waals surface area (Å²) in [5.74, 6) is 0. The molecule has 0 heterocycles. The van der Waals surface area contributed by atoms with E-state index < -0.39 is 8.80 Å². The van der Waals surface area contributed by atoms with Crippen molar-refractivity contribution in [2.24, 2.45) is 0 Å². The van der Waals surface area contributed by atoms with E-state index in [9.17, 15) is 0 Å². The van der Waals surface area contributed by atoms with Gasteiger partial charge in [-0.15, -0.1) is 0 Å². The van der Waals surface area contributed by atoms with E-state index in [0.717, 1.165) is 12.5 Å². The van der Waals surface area contributed by atoms with E-state index in [1.807, 2.05) is 0 Å². The van der Waals surface area contributed by atoms with Gasteiger partial charge in [-0.05, 0) is 13.3 Å². The Kier molecular flexibility index (Phi) is 21.1. The van der Waals surface area contributed by atoms with Crippen LogP contribution in [0.1, 0.15) is 78.1 Å². The van der Waals surface area contributed by atoms with Gasteiger partial charge < -0.3 is 18.4 Å². The average Bonchev–Trinajstić information content (AvgIpc) is 2.54. The normalized spacial score (nSPS) is 11.2. The lowest BCUT2D eigenvalue weighted by Gasteiger charge is -2.24. The fraction of sp³-hybridized carbons (Fsp3) is 1.00. The van der Waals surface area contributed by atoms with E-state index in [1.54, 1.807) is 28.3 Å². The molecule has 0 aromatic rings. The lowest BCUT2D eigenvalue weighted by atomic mass is 10.1. The molecule has 5 heteroatoms. The van der Waals surface area contributed by atoms with Crippen molar-refractivity contribution < 1.29 is 18.4 Å². The van der Waals surface area contributed by atoms with Crippen LogP contribution in [0.2, 0.25) is 6.04 Å². The monoisotopic (exact) mass is 336 g/mol. The third kappa shape index (κ3) is 15.0. The van der Waals surface area contributed by atoms with Crippen LogP contribution in [0.3, 0.4) is 0 Å². The Labute approximate surface area is 139 Å². The molecule has 0 bridgehead atoms. The van der Waals surface area contributed by atoms with Crippen molar-refractivity contribution in [3.8, 4) is 0 Å². The van der Waals surface area contributed by atoms with Crippen LogP contribution < -0.4 is 0 Å². The Bertz CT molecular complexity index is 191. The van der Waals surface area contributed by atoms with Gasteiger partial charge in [0.15, 0.2) is 0 Å². The van der Waals surface area contributed by atoms with E-state index in [-0.39, 0.29) is 6.61 Å². The number of rotatable bonds is 14. The number of aliphatic hydroxyl groups excluding tert-OH is 1. The lowest BCUT2D eigenvalue weighted by molar-refractivity contribution is 0.122. The minimum Gasteiger partial charge on any atom is -0.397 e. The van der Waals surface area contributed by atoms with Crippen molar-refractivity contribution >= 4 is 8.80 Å². The maximum absolute atomic E-state index is 7.57. The molecule has 0 aromatic carbocycles. The van der Waals surface area contributed by atoms with Crippen molar-refractivity contribution in [3.05, 3.63) is 0 Å². The molecule has 0 rings (SSSR count). The number of hydrogen-bond donors (Lipinski definition) is 1. The molecule has 0 amide bonds. The maximum atomic E-state index is 7.57. The van der Waals surface area contributed by atoms with Crippen LogP contribution in [-0.2, 0) is 13.3 Å². The number of aliphatic hydroxyl groups is 1. The van der Waals surface area contributed by atoms with Crippen LogP contribution >= 0.6 is 0 Å². The SMILES string of the molecule is CCCCCCCCCCCC[Si](OC)(OC)OC.CCO. The van der Waals surface area contributed by atoms with Gasteiger partial charge in [-0.1, -0.05) is 64.7 Å². The van der Waals surface area contributed by atoms with Gasteiger partial charge in [0.1, 0.15) is 0 Å². The van der Waals surface area contributed by atoms with Gasteiger partial charge in [0.2, 0.25) is 0 Å². The molecule has 0 unspecified atom stereocenters. The fourth-order valence-corrected chi connectivity index (χ4v) is 4.18. The summed E-state index contributed by atoms with van der Waals surface area (Å²) in [5.41, 5.74) is 0. The molecule has 0 spiro atoms. The standard InChI is InChI=1S/C15H34O3Si.C2H6O/c1-5-6-7-8-9-10-11-12-13-14-15-19(16-2,17-3)18-4;1-2-3/h5-15H2,1-4H3;3H,2H2,1H3. The molecule has 0 aliphatic rings. The molecule has 0 fully saturated rings. The predicted molar refractivity (Wildman–Crippen MR) is 96.2 cm³/mol. The van der Waals surface area contributed by atoms with Crippen molar-refractivity contribution in [1.82, 2.24) is 0 Å². The summed E-state index contributed by atoms with van der Waals surface area (Å²) >= 11 is 0. The Hall–Kier alpha value is 0.0569. The molecule has 136 valence electrons. The Morgan fingerprint density at radius 3 is 1.27 bits per heavy atom. The molecule has 1 N–H and O–H groups in total. The minimum absolute atomic E-state index is 0.250. The van der Waals surface area contributed by atoms with Gasteiger partial charge in [-0.25, -0.2) is 0 Å². The molecule has 0 atom stereocenters. The van der Waals surface area contributed by atoms with Crippen molar-refractivity contribution in [3.63, 3.8) is 0 Å². The first-order valence-corrected chi connectivity index (χ1v) is 10.9. The van der Waals surface area contributed by atoms with Crippen LogP contribution in [0.5, 0.6) is 0 Å². The first-order valence-electron chi connectivity index (χ1n) is 8.92. The summed E-state index contributed by atoms with van der Waals surface area (Å²) in [6, 6.07) is 0.938. The van der Waals surface area contributed by atoms with Crippen LogP contribution in [0, 0.1) is 0 Å². The van der Waals surface area contributed by atoms with Crippen LogP contribution in [0.25, 0.3) is 0 Å². The molecule has 0 radical (unpaired) electrons. The third-order valence-corrected chi connectivity index (χ3v) is 6.60. The van der Waals surface area contributed by atoms with Crippen molar-refractivity contribution in [1.29, 1.82) is 0 Å².